The van der Waals surface area contributed by atoms with Crippen LogP contribution in [0.4, 0.5) is 0 Å². The number of ether oxygens (including phenoxy) is 1. The van der Waals surface area contributed by atoms with Crippen molar-refractivity contribution >= 4 is 22.4 Å². The van der Waals surface area contributed by atoms with E-state index in [0.29, 0.717) is 18.0 Å². The standard InChI is InChI=1S/C25H26ClNO3/c26-19-8-5-18(6-9-19)23(29)16-27-13-11-25(12-14-27)15-22(28)21-10-7-17-3-1-2-4-20(17)24(21)30-25/h1-10,22-23,28-29H,11-16H2/t22-,23-/m0/s1. The van der Waals surface area contributed by atoms with E-state index in [1.807, 2.05) is 42.5 Å². The molecule has 0 amide bonds. The summed E-state index contributed by atoms with van der Waals surface area (Å²) in [4.78, 5) is 2.28. The van der Waals surface area contributed by atoms with Crippen molar-refractivity contribution in [2.45, 2.75) is 37.1 Å². The van der Waals surface area contributed by atoms with Crippen LogP contribution in [0.2, 0.25) is 5.02 Å². The van der Waals surface area contributed by atoms with Gasteiger partial charge in [0.2, 0.25) is 0 Å². The van der Waals surface area contributed by atoms with Gasteiger partial charge in [-0.2, -0.15) is 0 Å². The van der Waals surface area contributed by atoms with Crippen LogP contribution < -0.4 is 4.74 Å². The molecule has 0 bridgehead atoms. The number of hydrogen-bond acceptors (Lipinski definition) is 4. The Morgan fingerprint density at radius 1 is 1.03 bits per heavy atom. The molecule has 2 N–H and O–H groups in total. The molecular weight excluding hydrogens is 398 g/mol. The lowest BCUT2D eigenvalue weighted by molar-refractivity contribution is -0.0577. The van der Waals surface area contributed by atoms with Crippen molar-refractivity contribution in [1.29, 1.82) is 0 Å². The van der Waals surface area contributed by atoms with Gasteiger partial charge in [-0.25, -0.2) is 0 Å². The monoisotopic (exact) mass is 423 g/mol. The van der Waals surface area contributed by atoms with Gasteiger partial charge in [-0.05, 0) is 35.9 Å². The van der Waals surface area contributed by atoms with Gasteiger partial charge in [0, 0.05) is 42.0 Å². The molecule has 2 aliphatic heterocycles. The predicted molar refractivity (Wildman–Crippen MR) is 119 cm³/mol. The Hall–Kier alpha value is -2.11. The van der Waals surface area contributed by atoms with Gasteiger partial charge in [0.25, 0.3) is 0 Å². The van der Waals surface area contributed by atoms with Gasteiger partial charge >= 0.3 is 0 Å². The summed E-state index contributed by atoms with van der Waals surface area (Å²) >= 11 is 5.95. The van der Waals surface area contributed by atoms with E-state index in [2.05, 4.69) is 23.1 Å². The van der Waals surface area contributed by atoms with Crippen LogP contribution in [0.3, 0.4) is 0 Å². The number of hydrogen-bond donors (Lipinski definition) is 2. The van der Waals surface area contributed by atoms with E-state index in [0.717, 1.165) is 53.6 Å². The van der Waals surface area contributed by atoms with Crippen molar-refractivity contribution in [3.05, 3.63) is 76.8 Å². The summed E-state index contributed by atoms with van der Waals surface area (Å²) in [5.41, 5.74) is 1.42. The number of aliphatic hydroxyl groups is 2. The molecule has 2 heterocycles. The number of rotatable bonds is 3. The van der Waals surface area contributed by atoms with Gasteiger partial charge in [-0.15, -0.1) is 0 Å². The molecule has 0 saturated carbocycles. The largest absolute Gasteiger partial charge is 0.486 e. The molecule has 156 valence electrons. The van der Waals surface area contributed by atoms with E-state index in [-0.39, 0.29) is 5.60 Å². The van der Waals surface area contributed by atoms with E-state index in [1.165, 1.54) is 0 Å². The van der Waals surface area contributed by atoms with Crippen molar-refractivity contribution < 1.29 is 14.9 Å². The van der Waals surface area contributed by atoms with Gasteiger partial charge in [-0.1, -0.05) is 60.1 Å². The van der Waals surface area contributed by atoms with Crippen LogP contribution in [-0.2, 0) is 0 Å². The number of nitrogens with zero attached hydrogens (tertiary/aromatic N) is 1. The zero-order chi connectivity index (χ0) is 20.7. The average molecular weight is 424 g/mol. The fourth-order valence-corrected chi connectivity index (χ4v) is 4.97. The molecule has 1 saturated heterocycles. The average Bonchev–Trinajstić information content (AvgIpc) is 2.76. The van der Waals surface area contributed by atoms with E-state index in [1.54, 1.807) is 0 Å². The Morgan fingerprint density at radius 2 is 1.77 bits per heavy atom. The van der Waals surface area contributed by atoms with Crippen molar-refractivity contribution in [3.63, 3.8) is 0 Å². The first-order valence-electron chi connectivity index (χ1n) is 10.6. The molecular formula is C25H26ClNO3. The van der Waals surface area contributed by atoms with Gasteiger partial charge < -0.3 is 19.8 Å². The van der Waals surface area contributed by atoms with Crippen LogP contribution in [0, 0.1) is 0 Å². The maximum Gasteiger partial charge on any atom is 0.133 e. The molecule has 0 unspecified atom stereocenters. The highest BCUT2D eigenvalue weighted by molar-refractivity contribution is 6.30. The predicted octanol–water partition coefficient (Wildman–Crippen LogP) is 4.88. The highest BCUT2D eigenvalue weighted by atomic mass is 35.5. The molecule has 4 nitrogen and oxygen atoms in total. The van der Waals surface area contributed by atoms with Gasteiger partial charge in [0.1, 0.15) is 11.4 Å². The highest BCUT2D eigenvalue weighted by Gasteiger charge is 2.43. The minimum absolute atomic E-state index is 0.349. The summed E-state index contributed by atoms with van der Waals surface area (Å²) in [6.45, 7) is 2.24. The summed E-state index contributed by atoms with van der Waals surface area (Å²) in [5, 5.41) is 24.3. The van der Waals surface area contributed by atoms with Crippen LogP contribution in [-0.4, -0.2) is 40.3 Å². The molecule has 3 aromatic carbocycles. The second-order valence-electron chi connectivity index (χ2n) is 8.58. The number of benzene rings is 3. The zero-order valence-corrected chi connectivity index (χ0v) is 17.6. The van der Waals surface area contributed by atoms with E-state index in [9.17, 15) is 10.2 Å². The number of fused-ring (bicyclic) bond motifs is 3. The first-order valence-corrected chi connectivity index (χ1v) is 11.0. The highest BCUT2D eigenvalue weighted by Crippen LogP contribution is 2.47. The summed E-state index contributed by atoms with van der Waals surface area (Å²) < 4.78 is 6.63. The summed E-state index contributed by atoms with van der Waals surface area (Å²) in [5.74, 6) is 0.835. The summed E-state index contributed by atoms with van der Waals surface area (Å²) in [6, 6.07) is 19.6. The number of halogens is 1. The van der Waals surface area contributed by atoms with Crippen molar-refractivity contribution in [2.24, 2.45) is 0 Å². The van der Waals surface area contributed by atoms with Gasteiger partial charge in [-0.3, -0.25) is 0 Å². The van der Waals surface area contributed by atoms with Crippen molar-refractivity contribution in [1.82, 2.24) is 4.90 Å². The molecule has 1 spiro atoms. The second kappa shape index (κ2) is 7.86. The van der Waals surface area contributed by atoms with Crippen LogP contribution in [0.15, 0.2) is 60.7 Å². The normalized spacial score (nSPS) is 21.9. The minimum atomic E-state index is -0.543. The third kappa shape index (κ3) is 3.69. The number of aliphatic hydroxyl groups excluding tert-OH is 2. The molecule has 1 fully saturated rings. The fraction of sp³-hybridized carbons (Fsp3) is 0.360. The van der Waals surface area contributed by atoms with Crippen LogP contribution in [0.25, 0.3) is 10.8 Å². The van der Waals surface area contributed by atoms with Crippen molar-refractivity contribution in [3.8, 4) is 5.75 Å². The zero-order valence-electron chi connectivity index (χ0n) is 16.8. The first kappa shape index (κ1) is 19.8. The van der Waals surface area contributed by atoms with E-state index in [4.69, 9.17) is 16.3 Å². The van der Waals surface area contributed by atoms with E-state index < -0.39 is 12.2 Å². The van der Waals surface area contributed by atoms with Gasteiger partial charge in [0.15, 0.2) is 0 Å². The van der Waals surface area contributed by atoms with Crippen LogP contribution >= 0.6 is 11.6 Å². The molecule has 30 heavy (non-hydrogen) atoms. The maximum absolute atomic E-state index is 10.9. The molecule has 3 aromatic rings. The lowest BCUT2D eigenvalue weighted by atomic mass is 9.81. The Morgan fingerprint density at radius 3 is 2.53 bits per heavy atom. The SMILES string of the molecule is O[C@@H](CN1CCC2(CC1)C[C@H](O)c1ccc3ccccc3c1O2)c1ccc(Cl)cc1. The lowest BCUT2D eigenvalue weighted by Gasteiger charge is -2.46. The third-order valence-corrected chi connectivity index (χ3v) is 6.86. The summed E-state index contributed by atoms with van der Waals surface area (Å²) in [6.07, 6.45) is 1.23. The third-order valence-electron chi connectivity index (χ3n) is 6.61. The van der Waals surface area contributed by atoms with E-state index >= 15 is 0 Å². The Kier molecular flexibility index (Phi) is 5.19. The Labute approximate surface area is 181 Å². The number of piperidine rings is 1. The van der Waals surface area contributed by atoms with Crippen LogP contribution in [0.5, 0.6) is 5.75 Å². The Balaban J connectivity index is 1.30. The fourth-order valence-electron chi connectivity index (χ4n) is 4.84. The number of likely N-dealkylation sites (tertiary alicyclic amines) is 1. The molecule has 5 heteroatoms. The molecule has 0 aliphatic carbocycles. The minimum Gasteiger partial charge on any atom is -0.486 e. The van der Waals surface area contributed by atoms with Gasteiger partial charge in [0.05, 0.1) is 12.2 Å². The Bertz CT molecular complexity index is 1040. The lowest BCUT2D eigenvalue weighted by Crippen LogP contribution is -2.51. The molecule has 2 aliphatic rings. The first-order chi connectivity index (χ1) is 14.5. The molecule has 2 atom stereocenters. The number of β-amino-alcohol motifs (C(OH)–C–C–N with tert-alkyl or cyclic N) is 1. The topological polar surface area (TPSA) is 52.9 Å². The molecule has 5 rings (SSSR count). The van der Waals surface area contributed by atoms with Crippen molar-refractivity contribution in [2.75, 3.05) is 19.6 Å². The second-order valence-corrected chi connectivity index (χ2v) is 9.01. The smallest absolute Gasteiger partial charge is 0.133 e. The molecule has 0 aromatic heterocycles. The van der Waals surface area contributed by atoms with Crippen LogP contribution in [0.1, 0.15) is 42.6 Å². The molecule has 0 radical (unpaired) electrons. The summed E-state index contributed by atoms with van der Waals surface area (Å²) in [7, 11) is 0. The quantitative estimate of drug-likeness (QED) is 0.630. The maximum atomic E-state index is 10.9.